The number of halogens is 1. The SMILES string of the molecule is O=C(O)/C=C/c1cnc2scc(-c3ccc(F)cc3)n12. The molecule has 0 aliphatic heterocycles. The molecule has 0 saturated heterocycles. The van der Waals surface area contributed by atoms with Gasteiger partial charge in [-0.2, -0.15) is 0 Å². The minimum Gasteiger partial charge on any atom is -0.478 e. The zero-order valence-electron chi connectivity index (χ0n) is 10.2. The van der Waals surface area contributed by atoms with Gasteiger partial charge in [0.1, 0.15) is 5.82 Å². The maximum absolute atomic E-state index is 13.0. The third kappa shape index (κ3) is 2.21. The highest BCUT2D eigenvalue weighted by Gasteiger charge is 2.10. The van der Waals surface area contributed by atoms with E-state index in [0.717, 1.165) is 22.3 Å². The molecule has 6 heteroatoms. The molecule has 0 fully saturated rings. The number of carboxylic acid groups (broad SMARTS) is 1. The number of aliphatic carboxylic acids is 1. The Balaban J connectivity index is 2.14. The first-order valence-corrected chi connectivity index (χ1v) is 6.65. The van der Waals surface area contributed by atoms with Crippen LogP contribution in [0.15, 0.2) is 41.9 Å². The van der Waals surface area contributed by atoms with Gasteiger partial charge in [-0.05, 0) is 35.9 Å². The molecule has 0 unspecified atom stereocenters. The normalized spacial score (nSPS) is 11.4. The molecule has 0 amide bonds. The fraction of sp³-hybridized carbons (Fsp3) is 0. The minimum atomic E-state index is -1.02. The number of carbonyl (C=O) groups is 1. The summed E-state index contributed by atoms with van der Waals surface area (Å²) < 4.78 is 14.8. The Morgan fingerprint density at radius 1 is 1.35 bits per heavy atom. The maximum atomic E-state index is 13.0. The lowest BCUT2D eigenvalue weighted by atomic mass is 10.2. The Bertz CT molecular complexity index is 802. The molecule has 4 nitrogen and oxygen atoms in total. The number of hydrogen-bond donors (Lipinski definition) is 1. The molecule has 0 bridgehead atoms. The summed E-state index contributed by atoms with van der Waals surface area (Å²) in [6, 6.07) is 6.15. The second kappa shape index (κ2) is 4.90. The molecule has 0 aliphatic carbocycles. The van der Waals surface area contributed by atoms with Crippen LogP contribution in [0.2, 0.25) is 0 Å². The highest BCUT2D eigenvalue weighted by Crippen LogP contribution is 2.27. The second-order valence-corrected chi connectivity index (χ2v) is 4.94. The first-order chi connectivity index (χ1) is 9.65. The summed E-state index contributed by atoms with van der Waals surface area (Å²) in [6.45, 7) is 0. The number of nitrogens with zero attached hydrogens (tertiary/aromatic N) is 2. The maximum Gasteiger partial charge on any atom is 0.328 e. The Morgan fingerprint density at radius 3 is 2.80 bits per heavy atom. The van der Waals surface area contributed by atoms with Gasteiger partial charge in [0.2, 0.25) is 0 Å². The molecule has 2 aromatic heterocycles. The topological polar surface area (TPSA) is 54.6 Å². The van der Waals surface area contributed by atoms with Crippen LogP contribution in [0.1, 0.15) is 5.69 Å². The van der Waals surface area contributed by atoms with Crippen molar-refractivity contribution in [3.05, 3.63) is 53.4 Å². The number of benzene rings is 1. The number of aromatic nitrogens is 2. The molecule has 1 N–H and O–H groups in total. The van der Waals surface area contributed by atoms with Crippen molar-refractivity contribution in [1.82, 2.24) is 9.38 Å². The molecule has 3 rings (SSSR count). The van der Waals surface area contributed by atoms with Crippen LogP contribution in [-0.4, -0.2) is 20.5 Å². The van der Waals surface area contributed by atoms with Gasteiger partial charge in [-0.25, -0.2) is 14.2 Å². The van der Waals surface area contributed by atoms with E-state index < -0.39 is 5.97 Å². The number of carboxylic acids is 1. The number of fused-ring (bicyclic) bond motifs is 1. The fourth-order valence-electron chi connectivity index (χ4n) is 1.93. The number of rotatable bonds is 3. The van der Waals surface area contributed by atoms with Crippen molar-refractivity contribution >= 4 is 28.3 Å². The summed E-state index contributed by atoms with van der Waals surface area (Å²) in [5.74, 6) is -1.31. The molecule has 1 aromatic carbocycles. The van der Waals surface area contributed by atoms with E-state index in [2.05, 4.69) is 4.98 Å². The monoisotopic (exact) mass is 288 g/mol. The van der Waals surface area contributed by atoms with Gasteiger partial charge in [0, 0.05) is 11.5 Å². The van der Waals surface area contributed by atoms with E-state index in [1.807, 2.05) is 9.78 Å². The molecule has 20 heavy (non-hydrogen) atoms. The first kappa shape index (κ1) is 12.6. The third-order valence-electron chi connectivity index (χ3n) is 2.81. The zero-order valence-corrected chi connectivity index (χ0v) is 11.0. The van der Waals surface area contributed by atoms with E-state index in [1.165, 1.54) is 29.5 Å². The highest BCUT2D eigenvalue weighted by atomic mass is 32.1. The van der Waals surface area contributed by atoms with Crippen LogP contribution in [0.5, 0.6) is 0 Å². The molecule has 0 saturated carbocycles. The van der Waals surface area contributed by atoms with Gasteiger partial charge in [-0.1, -0.05) is 0 Å². The summed E-state index contributed by atoms with van der Waals surface area (Å²) in [5, 5.41) is 10.6. The predicted molar refractivity (Wildman–Crippen MR) is 75.1 cm³/mol. The molecule has 2 heterocycles. The summed E-state index contributed by atoms with van der Waals surface area (Å²) in [4.78, 5) is 15.6. The predicted octanol–water partition coefficient (Wildman–Crippen LogP) is 3.30. The first-order valence-electron chi connectivity index (χ1n) is 5.77. The Labute approximate surface area is 117 Å². The molecule has 0 spiro atoms. The highest BCUT2D eigenvalue weighted by molar-refractivity contribution is 7.15. The largest absolute Gasteiger partial charge is 0.478 e. The molecule has 0 radical (unpaired) electrons. The molecular formula is C14H9FN2O2S. The van der Waals surface area contributed by atoms with Crippen molar-refractivity contribution in [1.29, 1.82) is 0 Å². The van der Waals surface area contributed by atoms with Crippen LogP contribution < -0.4 is 0 Å². The van der Waals surface area contributed by atoms with Crippen molar-refractivity contribution in [3.63, 3.8) is 0 Å². The van der Waals surface area contributed by atoms with Crippen molar-refractivity contribution in [2.45, 2.75) is 0 Å². The van der Waals surface area contributed by atoms with Crippen LogP contribution in [0, 0.1) is 5.82 Å². The molecular weight excluding hydrogens is 279 g/mol. The van der Waals surface area contributed by atoms with Gasteiger partial charge in [-0.3, -0.25) is 4.40 Å². The van der Waals surface area contributed by atoms with Gasteiger partial charge >= 0.3 is 5.97 Å². The van der Waals surface area contributed by atoms with Crippen molar-refractivity contribution in [2.75, 3.05) is 0 Å². The molecule has 3 aromatic rings. The van der Waals surface area contributed by atoms with Crippen LogP contribution in [0.25, 0.3) is 22.3 Å². The summed E-state index contributed by atoms with van der Waals surface area (Å²) in [6.07, 6.45) is 4.16. The van der Waals surface area contributed by atoms with E-state index in [-0.39, 0.29) is 5.82 Å². The number of hydrogen-bond acceptors (Lipinski definition) is 3. The van der Waals surface area contributed by atoms with Gasteiger partial charge in [0.05, 0.1) is 17.6 Å². The zero-order chi connectivity index (χ0) is 14.1. The Morgan fingerprint density at radius 2 is 2.10 bits per heavy atom. The summed E-state index contributed by atoms with van der Waals surface area (Å²) >= 11 is 1.44. The molecule has 0 aliphatic rings. The van der Waals surface area contributed by atoms with E-state index in [1.54, 1.807) is 18.3 Å². The van der Waals surface area contributed by atoms with Gasteiger partial charge in [0.25, 0.3) is 0 Å². The molecule has 100 valence electrons. The second-order valence-electron chi connectivity index (χ2n) is 4.10. The third-order valence-corrected chi connectivity index (χ3v) is 3.65. The van der Waals surface area contributed by atoms with Crippen LogP contribution in [-0.2, 0) is 4.79 Å². The number of thiazole rings is 1. The smallest absolute Gasteiger partial charge is 0.328 e. The van der Waals surface area contributed by atoms with E-state index in [0.29, 0.717) is 5.69 Å². The lowest BCUT2D eigenvalue weighted by Gasteiger charge is -2.01. The van der Waals surface area contributed by atoms with E-state index in [4.69, 9.17) is 5.11 Å². The van der Waals surface area contributed by atoms with E-state index in [9.17, 15) is 9.18 Å². The standard InChI is InChI=1S/C14H9FN2O2S/c15-10-3-1-9(2-4-10)12-8-20-14-16-7-11(17(12)14)5-6-13(18)19/h1-8H,(H,18,19)/b6-5+. The number of imidazole rings is 1. The average Bonchev–Trinajstić information content (AvgIpc) is 2.99. The van der Waals surface area contributed by atoms with Crippen LogP contribution in [0.4, 0.5) is 4.39 Å². The quantitative estimate of drug-likeness (QED) is 0.752. The van der Waals surface area contributed by atoms with Crippen LogP contribution in [0.3, 0.4) is 0 Å². The fourth-order valence-corrected chi connectivity index (χ4v) is 2.81. The lowest BCUT2D eigenvalue weighted by molar-refractivity contribution is -0.131. The van der Waals surface area contributed by atoms with Crippen molar-refractivity contribution < 1.29 is 14.3 Å². The van der Waals surface area contributed by atoms with Crippen molar-refractivity contribution in [3.8, 4) is 11.3 Å². The lowest BCUT2D eigenvalue weighted by Crippen LogP contribution is -1.90. The van der Waals surface area contributed by atoms with Gasteiger partial charge < -0.3 is 5.11 Å². The Hall–Kier alpha value is -2.47. The summed E-state index contributed by atoms with van der Waals surface area (Å²) in [7, 11) is 0. The minimum absolute atomic E-state index is 0.295. The van der Waals surface area contributed by atoms with Gasteiger partial charge in [0.15, 0.2) is 4.96 Å². The average molecular weight is 288 g/mol. The van der Waals surface area contributed by atoms with E-state index >= 15 is 0 Å². The molecule has 0 atom stereocenters. The summed E-state index contributed by atoms with van der Waals surface area (Å²) in [5.41, 5.74) is 2.37. The van der Waals surface area contributed by atoms with Crippen LogP contribution >= 0.6 is 11.3 Å². The van der Waals surface area contributed by atoms with Crippen molar-refractivity contribution in [2.24, 2.45) is 0 Å². The Kier molecular flexibility index (Phi) is 3.08. The van der Waals surface area contributed by atoms with Gasteiger partial charge in [-0.15, -0.1) is 11.3 Å².